The number of halogens is 1. The van der Waals surface area contributed by atoms with Crippen LogP contribution in [0.25, 0.3) is 22.0 Å². The van der Waals surface area contributed by atoms with E-state index in [0.29, 0.717) is 28.2 Å². The fourth-order valence-electron chi connectivity index (χ4n) is 4.08. The van der Waals surface area contributed by atoms with Crippen LogP contribution in [0.4, 0.5) is 0 Å². The molecule has 0 amide bonds. The minimum absolute atomic E-state index is 0.143. The van der Waals surface area contributed by atoms with Crippen molar-refractivity contribution >= 4 is 39.8 Å². The van der Waals surface area contributed by atoms with Gasteiger partial charge in [0.2, 0.25) is 0 Å². The number of aliphatic carboxylic acids is 1. The summed E-state index contributed by atoms with van der Waals surface area (Å²) in [5.74, 6) is -1.08. The van der Waals surface area contributed by atoms with Crippen molar-refractivity contribution in [1.29, 1.82) is 0 Å². The van der Waals surface area contributed by atoms with Gasteiger partial charge >= 0.3 is 5.97 Å². The molecule has 0 bridgehead atoms. The molecule has 0 aliphatic carbocycles. The van der Waals surface area contributed by atoms with E-state index < -0.39 is 17.7 Å². The quantitative estimate of drug-likeness (QED) is 0.350. The van der Waals surface area contributed by atoms with Crippen LogP contribution in [-0.2, 0) is 16.1 Å². The highest BCUT2D eigenvalue weighted by atomic mass is 35.5. The second-order valence-electron chi connectivity index (χ2n) is 9.10. The molecular formula is C26H25ClN2O4S. The maximum atomic E-state index is 12.9. The van der Waals surface area contributed by atoms with Crippen LogP contribution >= 0.6 is 22.9 Å². The van der Waals surface area contributed by atoms with Crippen LogP contribution in [0.2, 0.25) is 5.02 Å². The number of carbonyl (C=O) groups is 1. The van der Waals surface area contributed by atoms with Gasteiger partial charge in [-0.15, -0.1) is 11.3 Å². The van der Waals surface area contributed by atoms with E-state index in [1.807, 2.05) is 45.9 Å². The van der Waals surface area contributed by atoms with Crippen LogP contribution in [-0.4, -0.2) is 26.2 Å². The highest BCUT2D eigenvalue weighted by molar-refractivity contribution is 7.09. The molecule has 0 fully saturated rings. The molecule has 0 radical (unpaired) electrons. The van der Waals surface area contributed by atoms with Crippen molar-refractivity contribution < 1.29 is 14.6 Å². The van der Waals surface area contributed by atoms with Gasteiger partial charge in [-0.2, -0.15) is 0 Å². The van der Waals surface area contributed by atoms with Crippen LogP contribution in [0.3, 0.4) is 0 Å². The zero-order valence-electron chi connectivity index (χ0n) is 19.3. The Morgan fingerprint density at radius 1 is 1.21 bits per heavy atom. The Morgan fingerprint density at radius 3 is 2.50 bits per heavy atom. The van der Waals surface area contributed by atoms with E-state index in [9.17, 15) is 14.7 Å². The standard InChI is InChI=1S/C26H25ClN2O4S/c1-15-11-20-19(9-10-21(30)29(20)13-18-12-28-14-34-18)23(16-5-7-17(27)8-6-16)22(15)24(25(31)32)33-26(2,3)4/h5-12,14,24H,13H2,1-4H3,(H,31,32). The highest BCUT2D eigenvalue weighted by Crippen LogP contribution is 2.40. The second-order valence-corrected chi connectivity index (χ2v) is 10.5. The predicted octanol–water partition coefficient (Wildman–Crippen LogP) is 6.08. The first-order valence-corrected chi connectivity index (χ1v) is 12.0. The molecule has 2 aromatic carbocycles. The molecule has 0 saturated carbocycles. The first-order chi connectivity index (χ1) is 16.0. The maximum Gasteiger partial charge on any atom is 0.337 e. The van der Waals surface area contributed by atoms with E-state index in [4.69, 9.17) is 16.3 Å². The molecule has 6 nitrogen and oxygen atoms in total. The summed E-state index contributed by atoms with van der Waals surface area (Å²) in [5.41, 5.74) is 4.39. The predicted molar refractivity (Wildman–Crippen MR) is 136 cm³/mol. The topological polar surface area (TPSA) is 81.4 Å². The molecule has 0 aliphatic rings. The van der Waals surface area contributed by atoms with Gasteiger partial charge in [-0.3, -0.25) is 9.78 Å². The number of nitrogens with zero attached hydrogens (tertiary/aromatic N) is 2. The number of aromatic nitrogens is 2. The van der Waals surface area contributed by atoms with E-state index in [2.05, 4.69) is 4.98 Å². The van der Waals surface area contributed by atoms with E-state index in [-0.39, 0.29) is 5.56 Å². The third-order valence-corrected chi connectivity index (χ3v) is 6.45. The molecule has 0 saturated heterocycles. The Bertz CT molecular complexity index is 1400. The van der Waals surface area contributed by atoms with Gasteiger partial charge in [0.05, 0.1) is 23.2 Å². The monoisotopic (exact) mass is 496 g/mol. The molecule has 4 aromatic rings. The molecule has 34 heavy (non-hydrogen) atoms. The van der Waals surface area contributed by atoms with Gasteiger partial charge in [-0.25, -0.2) is 4.79 Å². The van der Waals surface area contributed by atoms with Crippen molar-refractivity contribution in [2.45, 2.75) is 45.9 Å². The Labute approximate surface area is 206 Å². The van der Waals surface area contributed by atoms with Crippen molar-refractivity contribution in [2.24, 2.45) is 0 Å². The largest absolute Gasteiger partial charge is 0.479 e. The molecule has 0 aliphatic heterocycles. The average Bonchev–Trinajstić information content (AvgIpc) is 3.27. The Balaban J connectivity index is 2.07. The summed E-state index contributed by atoms with van der Waals surface area (Å²) < 4.78 is 7.73. The van der Waals surface area contributed by atoms with Crippen molar-refractivity contribution in [3.05, 3.63) is 85.6 Å². The number of benzene rings is 2. The normalized spacial score (nSPS) is 12.7. The van der Waals surface area contributed by atoms with Gasteiger partial charge in [-0.1, -0.05) is 23.7 Å². The molecular weight excluding hydrogens is 472 g/mol. The fourth-order valence-corrected chi connectivity index (χ4v) is 4.79. The number of aryl methyl sites for hydroxylation is 1. The molecule has 2 heterocycles. The summed E-state index contributed by atoms with van der Waals surface area (Å²) >= 11 is 7.62. The molecule has 1 atom stereocenters. The van der Waals surface area contributed by atoms with Gasteiger partial charge < -0.3 is 14.4 Å². The number of pyridine rings is 1. The number of hydrogen-bond donors (Lipinski definition) is 1. The van der Waals surface area contributed by atoms with Crippen molar-refractivity contribution in [3.63, 3.8) is 0 Å². The molecule has 1 unspecified atom stereocenters. The lowest BCUT2D eigenvalue weighted by Crippen LogP contribution is -2.28. The first-order valence-electron chi connectivity index (χ1n) is 10.8. The number of carboxylic acid groups (broad SMARTS) is 1. The van der Waals surface area contributed by atoms with Crippen LogP contribution in [0.1, 0.15) is 42.9 Å². The lowest BCUT2D eigenvalue weighted by atomic mass is 9.88. The lowest BCUT2D eigenvalue weighted by molar-refractivity contribution is -0.160. The summed E-state index contributed by atoms with van der Waals surface area (Å²) in [6.45, 7) is 7.71. The molecule has 176 valence electrons. The molecule has 2 aromatic heterocycles. The number of carboxylic acids is 1. The summed E-state index contributed by atoms with van der Waals surface area (Å²) in [5, 5.41) is 11.5. The van der Waals surface area contributed by atoms with Crippen LogP contribution < -0.4 is 5.56 Å². The maximum absolute atomic E-state index is 12.9. The first kappa shape index (κ1) is 24.1. The van der Waals surface area contributed by atoms with E-state index in [1.54, 1.807) is 34.5 Å². The summed E-state index contributed by atoms with van der Waals surface area (Å²) in [4.78, 5) is 30.4. The van der Waals surface area contributed by atoms with Crippen molar-refractivity contribution in [2.75, 3.05) is 0 Å². The zero-order chi connectivity index (χ0) is 24.6. The van der Waals surface area contributed by atoms with Gasteiger partial charge in [0.1, 0.15) is 0 Å². The van der Waals surface area contributed by atoms with Crippen molar-refractivity contribution in [3.8, 4) is 11.1 Å². The van der Waals surface area contributed by atoms with Gasteiger partial charge in [0.25, 0.3) is 5.56 Å². The third-order valence-electron chi connectivity index (χ3n) is 5.43. The molecule has 1 N–H and O–H groups in total. The summed E-state index contributed by atoms with van der Waals surface area (Å²) in [6, 6.07) is 12.4. The van der Waals surface area contributed by atoms with E-state index in [1.165, 1.54) is 17.4 Å². The average molecular weight is 497 g/mol. The van der Waals surface area contributed by atoms with E-state index >= 15 is 0 Å². The number of rotatable bonds is 6. The van der Waals surface area contributed by atoms with Crippen molar-refractivity contribution in [1.82, 2.24) is 9.55 Å². The van der Waals surface area contributed by atoms with Gasteiger partial charge in [0.15, 0.2) is 6.10 Å². The third kappa shape index (κ3) is 4.92. The Hall–Kier alpha value is -3.00. The number of fused-ring (bicyclic) bond motifs is 1. The zero-order valence-corrected chi connectivity index (χ0v) is 20.9. The van der Waals surface area contributed by atoms with E-state index in [0.717, 1.165) is 21.4 Å². The smallest absolute Gasteiger partial charge is 0.337 e. The molecule has 4 rings (SSSR count). The SMILES string of the molecule is Cc1cc2c(ccc(=O)n2Cc2cncs2)c(-c2ccc(Cl)cc2)c1C(OC(C)(C)C)C(=O)O. The van der Waals surface area contributed by atoms with Crippen LogP contribution in [0.15, 0.2) is 59.0 Å². The Kier molecular flexibility index (Phi) is 6.62. The Morgan fingerprint density at radius 2 is 1.91 bits per heavy atom. The molecule has 0 spiro atoms. The minimum Gasteiger partial charge on any atom is -0.479 e. The minimum atomic E-state index is -1.20. The lowest BCUT2D eigenvalue weighted by Gasteiger charge is -2.29. The summed E-state index contributed by atoms with van der Waals surface area (Å²) in [6.07, 6.45) is 0.548. The summed E-state index contributed by atoms with van der Waals surface area (Å²) in [7, 11) is 0. The fraction of sp³-hybridized carbons (Fsp3) is 0.269. The van der Waals surface area contributed by atoms with Gasteiger partial charge in [-0.05, 0) is 68.7 Å². The number of ether oxygens (including phenoxy) is 1. The van der Waals surface area contributed by atoms with Crippen LogP contribution in [0.5, 0.6) is 0 Å². The number of thiazole rings is 1. The van der Waals surface area contributed by atoms with Crippen LogP contribution in [0, 0.1) is 6.92 Å². The number of hydrogen-bond acceptors (Lipinski definition) is 5. The second kappa shape index (κ2) is 9.33. The highest BCUT2D eigenvalue weighted by Gasteiger charge is 2.32. The molecule has 8 heteroatoms. The van der Waals surface area contributed by atoms with Gasteiger partial charge in [0, 0.05) is 33.1 Å².